The maximum absolute atomic E-state index is 12.2. The molecule has 2 amide bonds. The van der Waals surface area contributed by atoms with Crippen LogP contribution < -0.4 is 15.4 Å². The zero-order valence-electron chi connectivity index (χ0n) is 12.6. The summed E-state index contributed by atoms with van der Waals surface area (Å²) in [6.07, 6.45) is 2.40. The maximum Gasteiger partial charge on any atom is 0.317 e. The summed E-state index contributed by atoms with van der Waals surface area (Å²) in [7, 11) is 0. The van der Waals surface area contributed by atoms with Crippen molar-refractivity contribution in [2.75, 3.05) is 32.8 Å². The van der Waals surface area contributed by atoms with Crippen LogP contribution in [0.3, 0.4) is 0 Å². The van der Waals surface area contributed by atoms with Gasteiger partial charge >= 0.3 is 6.03 Å². The van der Waals surface area contributed by atoms with Gasteiger partial charge in [-0.3, -0.25) is 0 Å². The van der Waals surface area contributed by atoms with Crippen LogP contribution in [0.15, 0.2) is 24.3 Å². The van der Waals surface area contributed by atoms with Crippen LogP contribution in [0.4, 0.5) is 4.79 Å². The molecule has 3 aliphatic rings. The normalized spacial score (nSPS) is 24.0. The molecular weight excluding hydrogens is 302 g/mol. The van der Waals surface area contributed by atoms with Crippen molar-refractivity contribution in [3.8, 4) is 5.75 Å². The van der Waals surface area contributed by atoms with E-state index in [1.165, 1.54) is 12.8 Å². The molecule has 1 aromatic rings. The Balaban J connectivity index is 1.39. The predicted octanol–water partition coefficient (Wildman–Crippen LogP) is 2.11. The number of carbonyl (C=O) groups is 1. The molecule has 6 heteroatoms. The van der Waals surface area contributed by atoms with Gasteiger partial charge in [-0.05, 0) is 49.6 Å². The van der Waals surface area contributed by atoms with Crippen LogP contribution in [-0.2, 0) is 0 Å². The number of rotatable bonds is 4. The van der Waals surface area contributed by atoms with Crippen molar-refractivity contribution in [3.05, 3.63) is 29.3 Å². The largest absolute Gasteiger partial charge is 0.492 e. The van der Waals surface area contributed by atoms with Crippen molar-refractivity contribution >= 4 is 17.6 Å². The van der Waals surface area contributed by atoms with Crippen LogP contribution in [-0.4, -0.2) is 49.8 Å². The van der Waals surface area contributed by atoms with Crippen molar-refractivity contribution < 1.29 is 9.53 Å². The molecular formula is C16H22ClN3O2. The lowest BCUT2D eigenvalue weighted by Gasteiger charge is -2.23. The average Bonchev–Trinajstić information content (AvgIpc) is 2.87. The zero-order chi connectivity index (χ0) is 15.4. The first-order chi connectivity index (χ1) is 10.7. The molecule has 3 aliphatic heterocycles. The zero-order valence-corrected chi connectivity index (χ0v) is 13.3. The molecule has 0 spiro atoms. The first-order valence-corrected chi connectivity index (χ1v) is 8.23. The Bertz CT molecular complexity index is 487. The number of nitrogens with one attached hydrogen (secondary N) is 2. The van der Waals surface area contributed by atoms with Gasteiger partial charge in [-0.1, -0.05) is 11.6 Å². The molecule has 3 saturated heterocycles. The lowest BCUT2D eigenvalue weighted by Crippen LogP contribution is -2.45. The fourth-order valence-electron chi connectivity index (χ4n) is 3.07. The minimum atomic E-state index is 0.0142. The Morgan fingerprint density at radius 3 is 2.86 bits per heavy atom. The van der Waals surface area contributed by atoms with Gasteiger partial charge in [0.15, 0.2) is 0 Å². The summed E-state index contributed by atoms with van der Waals surface area (Å²) in [5, 5.41) is 7.13. The van der Waals surface area contributed by atoms with E-state index in [2.05, 4.69) is 10.6 Å². The smallest absolute Gasteiger partial charge is 0.317 e. The first kappa shape index (κ1) is 15.4. The SMILES string of the molecule is O=C(NCCOc1ccc(Cl)cc1)N1C[C@H]2CC[C@@H](C1)NC2. The van der Waals surface area contributed by atoms with Gasteiger partial charge in [0.2, 0.25) is 0 Å². The quantitative estimate of drug-likeness (QED) is 0.834. The summed E-state index contributed by atoms with van der Waals surface area (Å²) in [5.74, 6) is 1.35. The first-order valence-electron chi connectivity index (χ1n) is 7.85. The van der Waals surface area contributed by atoms with E-state index < -0.39 is 0 Å². The molecule has 120 valence electrons. The molecule has 5 nitrogen and oxygen atoms in total. The third-order valence-corrected chi connectivity index (χ3v) is 4.54. The third kappa shape index (κ3) is 4.05. The van der Waals surface area contributed by atoms with E-state index in [1.54, 1.807) is 12.1 Å². The van der Waals surface area contributed by atoms with Crippen LogP contribution in [0.5, 0.6) is 5.75 Å². The summed E-state index contributed by atoms with van der Waals surface area (Å²) in [4.78, 5) is 14.2. The number of urea groups is 1. The fraction of sp³-hybridized carbons (Fsp3) is 0.562. The van der Waals surface area contributed by atoms with Gasteiger partial charge in [-0.2, -0.15) is 0 Å². The highest BCUT2D eigenvalue weighted by Gasteiger charge is 2.30. The molecule has 22 heavy (non-hydrogen) atoms. The van der Waals surface area contributed by atoms with Crippen LogP contribution in [0.25, 0.3) is 0 Å². The summed E-state index contributed by atoms with van der Waals surface area (Å²) >= 11 is 5.82. The lowest BCUT2D eigenvalue weighted by atomic mass is 9.97. The highest BCUT2D eigenvalue weighted by Crippen LogP contribution is 2.21. The van der Waals surface area contributed by atoms with Gasteiger partial charge in [0.1, 0.15) is 12.4 Å². The van der Waals surface area contributed by atoms with E-state index in [0.717, 1.165) is 25.4 Å². The van der Waals surface area contributed by atoms with E-state index in [4.69, 9.17) is 16.3 Å². The minimum Gasteiger partial charge on any atom is -0.492 e. The van der Waals surface area contributed by atoms with Crippen LogP contribution in [0.1, 0.15) is 12.8 Å². The molecule has 4 rings (SSSR count). The third-order valence-electron chi connectivity index (χ3n) is 4.29. The van der Waals surface area contributed by atoms with Crippen molar-refractivity contribution in [2.45, 2.75) is 18.9 Å². The van der Waals surface area contributed by atoms with Crippen LogP contribution >= 0.6 is 11.6 Å². The number of hydrogen-bond acceptors (Lipinski definition) is 3. The van der Waals surface area contributed by atoms with Gasteiger partial charge in [0.05, 0.1) is 6.54 Å². The number of fused-ring (bicyclic) bond motifs is 4. The molecule has 2 atom stereocenters. The van der Waals surface area contributed by atoms with Crippen molar-refractivity contribution in [1.82, 2.24) is 15.5 Å². The Morgan fingerprint density at radius 2 is 2.14 bits per heavy atom. The van der Waals surface area contributed by atoms with Crippen LogP contribution in [0.2, 0.25) is 5.02 Å². The number of piperidine rings is 1. The number of benzene rings is 1. The Hall–Kier alpha value is -1.46. The second kappa shape index (κ2) is 7.20. The number of amides is 2. The molecule has 2 bridgehead atoms. The molecule has 1 aromatic carbocycles. The minimum absolute atomic E-state index is 0.0142. The summed E-state index contributed by atoms with van der Waals surface area (Å²) in [5.41, 5.74) is 0. The second-order valence-corrected chi connectivity index (χ2v) is 6.42. The molecule has 2 N–H and O–H groups in total. The van der Waals surface area contributed by atoms with Gasteiger partial charge in [0.25, 0.3) is 0 Å². The number of carbonyl (C=O) groups excluding carboxylic acids is 1. The summed E-state index contributed by atoms with van der Waals surface area (Å²) in [6.45, 7) is 3.65. The summed E-state index contributed by atoms with van der Waals surface area (Å²) in [6, 6.07) is 7.69. The second-order valence-electron chi connectivity index (χ2n) is 5.99. The lowest BCUT2D eigenvalue weighted by molar-refractivity contribution is 0.192. The van der Waals surface area contributed by atoms with Gasteiger partial charge in [-0.15, -0.1) is 0 Å². The molecule has 0 saturated carbocycles. The Morgan fingerprint density at radius 1 is 1.32 bits per heavy atom. The van der Waals surface area contributed by atoms with E-state index >= 15 is 0 Å². The van der Waals surface area contributed by atoms with Gasteiger partial charge in [-0.25, -0.2) is 4.79 Å². The Kier molecular flexibility index (Phi) is 5.05. The highest BCUT2D eigenvalue weighted by atomic mass is 35.5. The molecule has 0 aromatic heterocycles. The predicted molar refractivity (Wildman–Crippen MR) is 86.4 cm³/mol. The van der Waals surface area contributed by atoms with Gasteiger partial charge < -0.3 is 20.3 Å². The number of ether oxygens (including phenoxy) is 1. The van der Waals surface area contributed by atoms with Crippen molar-refractivity contribution in [2.24, 2.45) is 5.92 Å². The van der Waals surface area contributed by atoms with Crippen LogP contribution in [0, 0.1) is 5.92 Å². The standard InChI is InChI=1S/C16H22ClN3O2/c17-13-2-5-15(6-3-13)22-8-7-18-16(21)20-10-12-1-4-14(11-20)19-9-12/h2-3,5-6,12,14,19H,1,4,7-11H2,(H,18,21)/t12-,14-/m0/s1. The molecule has 3 fully saturated rings. The van der Waals surface area contributed by atoms with Crippen molar-refractivity contribution in [3.63, 3.8) is 0 Å². The Labute approximate surface area is 136 Å². The van der Waals surface area contributed by atoms with E-state index in [-0.39, 0.29) is 6.03 Å². The molecule has 3 heterocycles. The average molecular weight is 324 g/mol. The topological polar surface area (TPSA) is 53.6 Å². The molecule has 0 aliphatic carbocycles. The van der Waals surface area contributed by atoms with E-state index in [0.29, 0.717) is 30.1 Å². The number of halogens is 1. The molecule has 0 radical (unpaired) electrons. The monoisotopic (exact) mass is 323 g/mol. The van der Waals surface area contributed by atoms with E-state index in [1.807, 2.05) is 17.0 Å². The summed E-state index contributed by atoms with van der Waals surface area (Å²) < 4.78 is 5.57. The molecule has 0 unspecified atom stereocenters. The van der Waals surface area contributed by atoms with E-state index in [9.17, 15) is 4.79 Å². The van der Waals surface area contributed by atoms with Crippen molar-refractivity contribution in [1.29, 1.82) is 0 Å². The highest BCUT2D eigenvalue weighted by molar-refractivity contribution is 6.30. The number of hydrogen-bond donors (Lipinski definition) is 2. The van der Waals surface area contributed by atoms with Gasteiger partial charge in [0, 0.05) is 24.2 Å². The number of nitrogens with zero attached hydrogens (tertiary/aromatic N) is 1. The maximum atomic E-state index is 12.2. The fourth-order valence-corrected chi connectivity index (χ4v) is 3.20.